The van der Waals surface area contributed by atoms with E-state index in [4.69, 9.17) is 0 Å². The Morgan fingerprint density at radius 1 is 0.812 bits per heavy atom. The SMILES string of the molecule is O=C1CC(O)(C2(O)CC(=O)NC2=O)C(=O)N1. The van der Waals surface area contributed by atoms with Crippen molar-refractivity contribution in [1.82, 2.24) is 10.6 Å². The first-order valence-electron chi connectivity index (χ1n) is 4.43. The number of aliphatic hydroxyl groups is 2. The maximum absolute atomic E-state index is 11.3. The Morgan fingerprint density at radius 2 is 1.12 bits per heavy atom. The van der Waals surface area contributed by atoms with E-state index in [1.54, 1.807) is 10.6 Å². The lowest BCUT2D eigenvalue weighted by molar-refractivity contribution is -0.177. The largest absolute Gasteiger partial charge is 0.376 e. The van der Waals surface area contributed by atoms with E-state index in [1.807, 2.05) is 0 Å². The average Bonchev–Trinajstić information content (AvgIpc) is 2.54. The van der Waals surface area contributed by atoms with Crippen molar-refractivity contribution in [2.45, 2.75) is 24.0 Å². The van der Waals surface area contributed by atoms with E-state index in [2.05, 4.69) is 0 Å². The van der Waals surface area contributed by atoms with Crippen LogP contribution in [0.15, 0.2) is 0 Å². The second kappa shape index (κ2) is 2.86. The van der Waals surface area contributed by atoms with E-state index in [0.717, 1.165) is 0 Å². The van der Waals surface area contributed by atoms with Gasteiger partial charge in [0.2, 0.25) is 11.8 Å². The molecule has 8 heteroatoms. The molecule has 2 heterocycles. The van der Waals surface area contributed by atoms with Gasteiger partial charge in [0, 0.05) is 0 Å². The van der Waals surface area contributed by atoms with Crippen LogP contribution in [-0.2, 0) is 19.2 Å². The van der Waals surface area contributed by atoms with Gasteiger partial charge >= 0.3 is 0 Å². The van der Waals surface area contributed by atoms with E-state index in [0.29, 0.717) is 0 Å². The summed E-state index contributed by atoms with van der Waals surface area (Å²) >= 11 is 0. The molecular weight excluding hydrogens is 220 g/mol. The standard InChI is InChI=1S/C8H8N2O6/c11-3-1-7(15,5(13)9-3)8(16)2-4(12)10-6(8)14/h15-16H,1-2H2,(H,9,11,13)(H,10,12,14). The zero-order valence-electron chi connectivity index (χ0n) is 7.94. The fourth-order valence-electron chi connectivity index (χ4n) is 1.84. The van der Waals surface area contributed by atoms with Crippen molar-refractivity contribution in [3.8, 4) is 0 Å². The van der Waals surface area contributed by atoms with E-state index in [1.165, 1.54) is 0 Å². The van der Waals surface area contributed by atoms with Gasteiger partial charge in [0.05, 0.1) is 12.8 Å². The third-order valence-electron chi connectivity index (χ3n) is 2.77. The van der Waals surface area contributed by atoms with Crippen LogP contribution in [0.3, 0.4) is 0 Å². The molecule has 0 bridgehead atoms. The van der Waals surface area contributed by atoms with Crippen LogP contribution < -0.4 is 10.6 Å². The number of hydrogen-bond acceptors (Lipinski definition) is 6. The molecule has 0 radical (unpaired) electrons. The molecule has 8 nitrogen and oxygen atoms in total. The Bertz CT molecular complexity index is 392. The summed E-state index contributed by atoms with van der Waals surface area (Å²) in [4.78, 5) is 44.5. The molecule has 2 fully saturated rings. The molecule has 2 aliphatic rings. The van der Waals surface area contributed by atoms with E-state index in [-0.39, 0.29) is 0 Å². The first-order chi connectivity index (χ1) is 7.29. The molecule has 0 aromatic carbocycles. The molecule has 86 valence electrons. The predicted molar refractivity (Wildman–Crippen MR) is 45.4 cm³/mol. The molecule has 2 saturated heterocycles. The number of imide groups is 2. The van der Waals surface area contributed by atoms with Crippen molar-refractivity contribution in [3.05, 3.63) is 0 Å². The van der Waals surface area contributed by atoms with Gasteiger partial charge in [-0.25, -0.2) is 0 Å². The summed E-state index contributed by atoms with van der Waals surface area (Å²) in [6.07, 6.45) is -1.49. The fourth-order valence-corrected chi connectivity index (χ4v) is 1.84. The maximum Gasteiger partial charge on any atom is 0.262 e. The summed E-state index contributed by atoms with van der Waals surface area (Å²) in [5.41, 5.74) is -5.17. The summed E-state index contributed by atoms with van der Waals surface area (Å²) in [5.74, 6) is -3.98. The lowest BCUT2D eigenvalue weighted by atomic mass is 9.80. The molecule has 2 unspecified atom stereocenters. The highest BCUT2D eigenvalue weighted by Gasteiger charge is 2.66. The van der Waals surface area contributed by atoms with Crippen molar-refractivity contribution in [3.63, 3.8) is 0 Å². The van der Waals surface area contributed by atoms with Gasteiger partial charge in [-0.15, -0.1) is 0 Å². The Morgan fingerprint density at radius 3 is 1.31 bits per heavy atom. The van der Waals surface area contributed by atoms with E-state index < -0.39 is 47.7 Å². The van der Waals surface area contributed by atoms with Crippen molar-refractivity contribution in [2.24, 2.45) is 0 Å². The minimum absolute atomic E-state index is 0.747. The van der Waals surface area contributed by atoms with Gasteiger partial charge in [0.25, 0.3) is 11.8 Å². The summed E-state index contributed by atoms with van der Waals surface area (Å²) in [6.45, 7) is 0. The number of amides is 4. The number of rotatable bonds is 1. The number of carbonyl (C=O) groups excluding carboxylic acids is 4. The van der Waals surface area contributed by atoms with Crippen LogP contribution in [0, 0.1) is 0 Å². The number of nitrogens with one attached hydrogen (secondary N) is 2. The first kappa shape index (κ1) is 10.7. The molecule has 2 atom stereocenters. The van der Waals surface area contributed by atoms with Crippen LogP contribution in [0.5, 0.6) is 0 Å². The lowest BCUT2D eigenvalue weighted by Crippen LogP contribution is -2.62. The van der Waals surface area contributed by atoms with Gasteiger partial charge in [-0.2, -0.15) is 0 Å². The maximum atomic E-state index is 11.3. The fraction of sp³-hybridized carbons (Fsp3) is 0.500. The van der Waals surface area contributed by atoms with Crippen molar-refractivity contribution in [1.29, 1.82) is 0 Å². The van der Waals surface area contributed by atoms with Gasteiger partial charge in [-0.05, 0) is 0 Å². The minimum Gasteiger partial charge on any atom is -0.376 e. The Kier molecular flexibility index (Phi) is 1.92. The van der Waals surface area contributed by atoms with Crippen LogP contribution >= 0.6 is 0 Å². The molecule has 0 spiro atoms. The number of carbonyl (C=O) groups is 4. The third kappa shape index (κ3) is 1.11. The molecular formula is C8H8N2O6. The van der Waals surface area contributed by atoms with Crippen molar-refractivity contribution in [2.75, 3.05) is 0 Å². The van der Waals surface area contributed by atoms with Gasteiger partial charge < -0.3 is 10.2 Å². The highest BCUT2D eigenvalue weighted by atomic mass is 16.4. The van der Waals surface area contributed by atoms with Gasteiger partial charge in [-0.1, -0.05) is 0 Å². The quantitative estimate of drug-likeness (QED) is 0.345. The van der Waals surface area contributed by atoms with E-state index >= 15 is 0 Å². The Hall–Kier alpha value is -1.80. The molecule has 0 aromatic rings. The predicted octanol–water partition coefficient (Wildman–Crippen LogP) is -3.46. The topological polar surface area (TPSA) is 133 Å². The van der Waals surface area contributed by atoms with Gasteiger partial charge in [0.1, 0.15) is 0 Å². The third-order valence-corrected chi connectivity index (χ3v) is 2.77. The van der Waals surface area contributed by atoms with Gasteiger partial charge in [-0.3, -0.25) is 29.8 Å². The summed E-state index contributed by atoms with van der Waals surface area (Å²) in [5, 5.41) is 23.3. The lowest BCUT2D eigenvalue weighted by Gasteiger charge is -2.31. The molecule has 2 rings (SSSR count). The first-order valence-corrected chi connectivity index (χ1v) is 4.43. The van der Waals surface area contributed by atoms with Crippen LogP contribution in [-0.4, -0.2) is 45.0 Å². The van der Waals surface area contributed by atoms with Crippen molar-refractivity contribution >= 4 is 23.6 Å². The normalized spacial score (nSPS) is 38.9. The van der Waals surface area contributed by atoms with Crippen LogP contribution in [0.2, 0.25) is 0 Å². The molecule has 4 N–H and O–H groups in total. The second-order valence-corrected chi connectivity index (χ2v) is 3.83. The summed E-state index contributed by atoms with van der Waals surface area (Å²) in [6, 6.07) is 0. The molecule has 0 aromatic heterocycles. The molecule has 0 aliphatic carbocycles. The Balaban J connectivity index is 2.44. The zero-order valence-corrected chi connectivity index (χ0v) is 7.94. The smallest absolute Gasteiger partial charge is 0.262 e. The second-order valence-electron chi connectivity index (χ2n) is 3.83. The van der Waals surface area contributed by atoms with Gasteiger partial charge in [0.15, 0.2) is 11.2 Å². The summed E-state index contributed by atoms with van der Waals surface area (Å²) in [7, 11) is 0. The molecule has 0 saturated carbocycles. The van der Waals surface area contributed by atoms with E-state index in [9.17, 15) is 29.4 Å². The van der Waals surface area contributed by atoms with Crippen molar-refractivity contribution < 1.29 is 29.4 Å². The minimum atomic E-state index is -2.58. The average molecular weight is 228 g/mol. The molecule has 4 amide bonds. The monoisotopic (exact) mass is 228 g/mol. The van der Waals surface area contributed by atoms with Crippen LogP contribution in [0.4, 0.5) is 0 Å². The number of hydrogen-bond donors (Lipinski definition) is 4. The van der Waals surface area contributed by atoms with Crippen LogP contribution in [0.25, 0.3) is 0 Å². The highest BCUT2D eigenvalue weighted by molar-refractivity contribution is 6.16. The summed E-state index contributed by atoms with van der Waals surface area (Å²) < 4.78 is 0. The highest BCUT2D eigenvalue weighted by Crippen LogP contribution is 2.35. The molecule has 2 aliphatic heterocycles. The van der Waals surface area contributed by atoms with Crippen LogP contribution in [0.1, 0.15) is 12.8 Å². The zero-order chi connectivity index (χ0) is 12.1. The molecule has 16 heavy (non-hydrogen) atoms. The Labute approximate surface area is 88.6 Å².